The highest BCUT2D eigenvalue weighted by molar-refractivity contribution is 5.94. The summed E-state index contributed by atoms with van der Waals surface area (Å²) in [7, 11) is 0. The molecule has 1 aromatic rings. The van der Waals surface area contributed by atoms with E-state index in [2.05, 4.69) is 0 Å². The molecule has 3 nitrogen and oxygen atoms in total. The highest BCUT2D eigenvalue weighted by Crippen LogP contribution is 2.04. The zero-order chi connectivity index (χ0) is 12.0. The Kier molecular flexibility index (Phi) is 4.70. The summed E-state index contributed by atoms with van der Waals surface area (Å²) in [5.74, 6) is -0.611. The summed E-state index contributed by atoms with van der Waals surface area (Å²) in [6.07, 6.45) is 0.553. The average molecular weight is 220 g/mol. The van der Waals surface area contributed by atoms with E-state index in [1.54, 1.807) is 0 Å². The van der Waals surface area contributed by atoms with Gasteiger partial charge in [-0.25, -0.2) is 0 Å². The van der Waals surface area contributed by atoms with Gasteiger partial charge < -0.3 is 4.74 Å². The number of ketones is 1. The van der Waals surface area contributed by atoms with Gasteiger partial charge in [0.2, 0.25) is 0 Å². The van der Waals surface area contributed by atoms with Crippen LogP contribution in [-0.2, 0) is 20.7 Å². The first-order valence-electron chi connectivity index (χ1n) is 5.28. The predicted molar refractivity (Wildman–Crippen MR) is 61.1 cm³/mol. The topological polar surface area (TPSA) is 43.4 Å². The van der Waals surface area contributed by atoms with E-state index in [0.29, 0.717) is 13.0 Å². The molecule has 1 aromatic carbocycles. The van der Waals surface area contributed by atoms with Crippen LogP contribution >= 0.6 is 0 Å². The van der Waals surface area contributed by atoms with Gasteiger partial charge in [-0.05, 0) is 19.4 Å². The van der Waals surface area contributed by atoms with Crippen molar-refractivity contribution in [3.05, 3.63) is 35.4 Å². The third-order valence-electron chi connectivity index (χ3n) is 2.17. The lowest BCUT2D eigenvalue weighted by Crippen LogP contribution is -2.10. The highest BCUT2D eigenvalue weighted by atomic mass is 16.5. The molecule has 3 heteroatoms. The van der Waals surface area contributed by atoms with E-state index < -0.39 is 5.97 Å². The average Bonchev–Trinajstić information content (AvgIpc) is 2.20. The van der Waals surface area contributed by atoms with Gasteiger partial charge in [-0.3, -0.25) is 9.59 Å². The number of aryl methyl sites for hydroxylation is 1. The third-order valence-corrected chi connectivity index (χ3v) is 2.17. The standard InChI is InChI=1S/C13H16O3/c1-10-3-5-12(6-4-10)7-8-16-13(15)9-11(2)14/h3-6H,7-9H2,1-2H3. The van der Waals surface area contributed by atoms with E-state index in [1.165, 1.54) is 12.5 Å². The van der Waals surface area contributed by atoms with E-state index in [9.17, 15) is 9.59 Å². The fourth-order valence-corrected chi connectivity index (χ4v) is 1.29. The number of hydrogen-bond acceptors (Lipinski definition) is 3. The Bertz CT molecular complexity index is 365. The molecule has 0 unspecified atom stereocenters. The van der Waals surface area contributed by atoms with Crippen molar-refractivity contribution < 1.29 is 14.3 Å². The maximum Gasteiger partial charge on any atom is 0.313 e. The minimum atomic E-state index is -0.445. The van der Waals surface area contributed by atoms with Crippen LogP contribution in [0, 0.1) is 6.92 Å². The lowest BCUT2D eigenvalue weighted by atomic mass is 10.1. The summed E-state index contributed by atoms with van der Waals surface area (Å²) in [6.45, 7) is 3.73. The van der Waals surface area contributed by atoms with Gasteiger partial charge in [0, 0.05) is 6.42 Å². The van der Waals surface area contributed by atoms with Crippen LogP contribution in [0.25, 0.3) is 0 Å². The number of carbonyl (C=O) groups is 2. The predicted octanol–water partition coefficient (Wildman–Crippen LogP) is 2.06. The maximum atomic E-state index is 11.1. The molecular weight excluding hydrogens is 204 g/mol. The van der Waals surface area contributed by atoms with Crippen molar-refractivity contribution in [2.24, 2.45) is 0 Å². The summed E-state index contributed by atoms with van der Waals surface area (Å²) in [5.41, 5.74) is 2.33. The molecule has 0 aliphatic carbocycles. The summed E-state index contributed by atoms with van der Waals surface area (Å²) in [5, 5.41) is 0. The van der Waals surface area contributed by atoms with Crippen molar-refractivity contribution in [3.8, 4) is 0 Å². The Morgan fingerprint density at radius 3 is 2.38 bits per heavy atom. The second-order valence-corrected chi connectivity index (χ2v) is 3.83. The minimum absolute atomic E-state index is 0.131. The van der Waals surface area contributed by atoms with Crippen molar-refractivity contribution in [2.45, 2.75) is 26.7 Å². The van der Waals surface area contributed by atoms with E-state index in [4.69, 9.17) is 4.74 Å². The van der Waals surface area contributed by atoms with E-state index in [1.807, 2.05) is 31.2 Å². The van der Waals surface area contributed by atoms with Gasteiger partial charge in [0.1, 0.15) is 12.2 Å². The van der Waals surface area contributed by atoms with Crippen molar-refractivity contribution in [2.75, 3.05) is 6.61 Å². The molecule has 1 rings (SSSR count). The third kappa shape index (κ3) is 4.73. The molecule has 0 heterocycles. The molecule has 0 fully saturated rings. The zero-order valence-corrected chi connectivity index (χ0v) is 9.66. The van der Waals surface area contributed by atoms with Crippen LogP contribution in [0.3, 0.4) is 0 Å². The Hall–Kier alpha value is -1.64. The first-order chi connectivity index (χ1) is 7.58. The minimum Gasteiger partial charge on any atom is -0.465 e. The largest absolute Gasteiger partial charge is 0.465 e. The molecule has 0 saturated heterocycles. The van der Waals surface area contributed by atoms with Crippen molar-refractivity contribution in [3.63, 3.8) is 0 Å². The normalized spacial score (nSPS) is 9.88. The molecule has 0 atom stereocenters. The quantitative estimate of drug-likeness (QED) is 0.563. The SMILES string of the molecule is CC(=O)CC(=O)OCCc1ccc(C)cc1. The molecule has 0 aliphatic heterocycles. The summed E-state index contributed by atoms with van der Waals surface area (Å²) in [4.78, 5) is 21.7. The number of Topliss-reactive ketones (excluding diaryl/α,β-unsaturated/α-hetero) is 1. The smallest absolute Gasteiger partial charge is 0.313 e. The first-order valence-corrected chi connectivity index (χ1v) is 5.28. The molecule has 0 aromatic heterocycles. The molecule has 0 radical (unpaired) electrons. The van der Waals surface area contributed by atoms with Crippen LogP contribution < -0.4 is 0 Å². The molecule has 0 bridgehead atoms. The van der Waals surface area contributed by atoms with Crippen LogP contribution in [0.2, 0.25) is 0 Å². The second-order valence-electron chi connectivity index (χ2n) is 3.83. The molecule has 0 aliphatic rings. The Morgan fingerprint density at radius 1 is 1.19 bits per heavy atom. The Morgan fingerprint density at radius 2 is 1.81 bits per heavy atom. The molecule has 86 valence electrons. The highest BCUT2D eigenvalue weighted by Gasteiger charge is 2.05. The van der Waals surface area contributed by atoms with Crippen LogP contribution in [0.15, 0.2) is 24.3 Å². The van der Waals surface area contributed by atoms with Crippen LogP contribution in [-0.4, -0.2) is 18.4 Å². The van der Waals surface area contributed by atoms with Crippen molar-refractivity contribution in [1.29, 1.82) is 0 Å². The monoisotopic (exact) mass is 220 g/mol. The molecule has 16 heavy (non-hydrogen) atoms. The molecule has 0 N–H and O–H groups in total. The summed E-state index contributed by atoms with van der Waals surface area (Å²) in [6, 6.07) is 8.06. The number of ether oxygens (including phenoxy) is 1. The number of rotatable bonds is 5. The van der Waals surface area contributed by atoms with Gasteiger partial charge in [0.05, 0.1) is 6.61 Å². The lowest BCUT2D eigenvalue weighted by molar-refractivity contribution is -0.145. The number of carbonyl (C=O) groups excluding carboxylic acids is 2. The molecule has 0 saturated carbocycles. The fourth-order valence-electron chi connectivity index (χ4n) is 1.29. The van der Waals surface area contributed by atoms with Crippen LogP contribution in [0.4, 0.5) is 0 Å². The van der Waals surface area contributed by atoms with Gasteiger partial charge in [-0.2, -0.15) is 0 Å². The number of benzene rings is 1. The van der Waals surface area contributed by atoms with E-state index in [0.717, 1.165) is 5.56 Å². The first kappa shape index (κ1) is 12.4. The summed E-state index contributed by atoms with van der Waals surface area (Å²) < 4.78 is 4.93. The van der Waals surface area contributed by atoms with Crippen molar-refractivity contribution in [1.82, 2.24) is 0 Å². The maximum absolute atomic E-state index is 11.1. The Labute approximate surface area is 95.4 Å². The zero-order valence-electron chi connectivity index (χ0n) is 9.66. The molecule has 0 spiro atoms. The van der Waals surface area contributed by atoms with Gasteiger partial charge in [-0.1, -0.05) is 29.8 Å². The Balaban J connectivity index is 2.28. The van der Waals surface area contributed by atoms with Crippen molar-refractivity contribution >= 4 is 11.8 Å². The van der Waals surface area contributed by atoms with Gasteiger partial charge in [-0.15, -0.1) is 0 Å². The second kappa shape index (κ2) is 6.05. The van der Waals surface area contributed by atoms with E-state index >= 15 is 0 Å². The number of esters is 1. The van der Waals surface area contributed by atoms with Crippen LogP contribution in [0.1, 0.15) is 24.5 Å². The lowest BCUT2D eigenvalue weighted by Gasteiger charge is -2.04. The van der Waals surface area contributed by atoms with Gasteiger partial charge in [0.15, 0.2) is 0 Å². The van der Waals surface area contributed by atoms with Crippen LogP contribution in [0.5, 0.6) is 0 Å². The van der Waals surface area contributed by atoms with Gasteiger partial charge >= 0.3 is 5.97 Å². The molecular formula is C13H16O3. The van der Waals surface area contributed by atoms with E-state index in [-0.39, 0.29) is 12.2 Å². The molecule has 0 amide bonds. The summed E-state index contributed by atoms with van der Waals surface area (Å²) >= 11 is 0. The number of hydrogen-bond donors (Lipinski definition) is 0. The van der Waals surface area contributed by atoms with Gasteiger partial charge in [0.25, 0.3) is 0 Å². The fraction of sp³-hybridized carbons (Fsp3) is 0.385.